The number of aromatic hydroxyl groups is 1. The first-order valence-corrected chi connectivity index (χ1v) is 7.81. The van der Waals surface area contributed by atoms with E-state index in [2.05, 4.69) is 36.5 Å². The number of nitrogens with zero attached hydrogens (tertiary/aromatic N) is 1. The molecule has 4 heteroatoms. The van der Waals surface area contributed by atoms with Crippen LogP contribution in [-0.2, 0) is 6.42 Å². The van der Waals surface area contributed by atoms with Crippen molar-refractivity contribution in [3.63, 3.8) is 0 Å². The number of carbonyl (C=O) groups is 1. The lowest BCUT2D eigenvalue weighted by Crippen LogP contribution is -2.22. The summed E-state index contributed by atoms with van der Waals surface area (Å²) in [5.41, 5.74) is 8.63. The fourth-order valence-corrected chi connectivity index (χ4v) is 3.11. The molecule has 0 saturated heterocycles. The Bertz CT molecular complexity index is 794. The molecule has 2 aromatic carbocycles. The maximum Gasteiger partial charge on any atom is 0.275 e. The molecule has 23 heavy (non-hydrogen) atoms. The Morgan fingerprint density at radius 2 is 1.96 bits per heavy atom. The van der Waals surface area contributed by atoms with Gasteiger partial charge in [-0.2, -0.15) is 5.10 Å². The number of fused-ring (bicyclic) bond motifs is 1. The van der Waals surface area contributed by atoms with Crippen molar-refractivity contribution in [1.82, 2.24) is 5.43 Å². The van der Waals surface area contributed by atoms with Gasteiger partial charge in [0.05, 0.1) is 11.3 Å². The van der Waals surface area contributed by atoms with Crippen LogP contribution in [0.2, 0.25) is 0 Å². The zero-order chi connectivity index (χ0) is 16.4. The van der Waals surface area contributed by atoms with Gasteiger partial charge in [0.25, 0.3) is 5.91 Å². The van der Waals surface area contributed by atoms with Gasteiger partial charge in [0.2, 0.25) is 0 Å². The van der Waals surface area contributed by atoms with Gasteiger partial charge in [0.1, 0.15) is 5.75 Å². The number of phenols is 1. The Labute approximate surface area is 135 Å². The van der Waals surface area contributed by atoms with Crippen molar-refractivity contribution >= 4 is 11.6 Å². The Morgan fingerprint density at radius 1 is 1.17 bits per heavy atom. The average Bonchev–Trinajstić information content (AvgIpc) is 2.53. The van der Waals surface area contributed by atoms with E-state index >= 15 is 0 Å². The summed E-state index contributed by atoms with van der Waals surface area (Å²) in [6, 6.07) is 10.8. The molecule has 3 rings (SSSR count). The normalized spacial score (nSPS) is 15.3. The lowest BCUT2D eigenvalue weighted by atomic mass is 9.86. The van der Waals surface area contributed by atoms with E-state index in [0.29, 0.717) is 0 Å². The van der Waals surface area contributed by atoms with Crippen molar-refractivity contribution in [2.45, 2.75) is 33.1 Å². The van der Waals surface area contributed by atoms with Crippen LogP contribution in [0.15, 0.2) is 41.5 Å². The highest BCUT2D eigenvalue weighted by atomic mass is 16.3. The van der Waals surface area contributed by atoms with Crippen molar-refractivity contribution in [3.8, 4) is 5.75 Å². The number of amides is 1. The number of hydrazone groups is 1. The van der Waals surface area contributed by atoms with E-state index in [1.807, 2.05) is 0 Å². The predicted octanol–water partition coefficient (Wildman–Crippen LogP) is 3.48. The van der Waals surface area contributed by atoms with Crippen LogP contribution in [0, 0.1) is 13.8 Å². The van der Waals surface area contributed by atoms with Crippen LogP contribution in [0.5, 0.6) is 5.75 Å². The van der Waals surface area contributed by atoms with Gasteiger partial charge < -0.3 is 5.11 Å². The SMILES string of the molecule is Cc1cc(C)c2c(c1)C(=NNC(=O)c1ccccc1O)CCC2. The summed E-state index contributed by atoms with van der Waals surface area (Å²) in [6.07, 6.45) is 2.92. The molecule has 0 radical (unpaired) electrons. The predicted molar refractivity (Wildman–Crippen MR) is 91.0 cm³/mol. The molecule has 0 bridgehead atoms. The summed E-state index contributed by atoms with van der Waals surface area (Å²) >= 11 is 0. The van der Waals surface area contributed by atoms with E-state index in [1.165, 1.54) is 22.8 Å². The van der Waals surface area contributed by atoms with Crippen LogP contribution in [0.3, 0.4) is 0 Å². The van der Waals surface area contributed by atoms with E-state index in [0.717, 1.165) is 30.5 Å². The van der Waals surface area contributed by atoms with Crippen molar-refractivity contribution in [3.05, 3.63) is 64.2 Å². The fraction of sp³-hybridized carbons (Fsp3) is 0.263. The third kappa shape index (κ3) is 3.11. The molecule has 4 nitrogen and oxygen atoms in total. The Morgan fingerprint density at radius 3 is 2.74 bits per heavy atom. The van der Waals surface area contributed by atoms with Gasteiger partial charge in [-0.05, 0) is 62.4 Å². The highest BCUT2D eigenvalue weighted by Gasteiger charge is 2.18. The monoisotopic (exact) mass is 308 g/mol. The zero-order valence-corrected chi connectivity index (χ0v) is 13.4. The third-order valence-electron chi connectivity index (χ3n) is 4.21. The number of nitrogens with one attached hydrogen (secondary N) is 1. The topological polar surface area (TPSA) is 61.7 Å². The fourth-order valence-electron chi connectivity index (χ4n) is 3.11. The lowest BCUT2D eigenvalue weighted by molar-refractivity contribution is 0.0952. The standard InChI is InChI=1S/C19H20N2O2/c1-12-10-13(2)14-7-5-8-17(16(14)11-12)20-21-19(23)15-6-3-4-9-18(15)22/h3-4,6,9-11,22H,5,7-8H2,1-2H3,(H,21,23). The summed E-state index contributed by atoms with van der Waals surface area (Å²) in [7, 11) is 0. The number of benzene rings is 2. The molecule has 0 atom stereocenters. The van der Waals surface area contributed by atoms with Crippen LogP contribution < -0.4 is 5.43 Å². The van der Waals surface area contributed by atoms with E-state index in [9.17, 15) is 9.90 Å². The molecule has 0 fully saturated rings. The number of hydrogen-bond donors (Lipinski definition) is 2. The molecule has 118 valence electrons. The molecular weight excluding hydrogens is 288 g/mol. The van der Waals surface area contributed by atoms with Crippen LogP contribution in [0.4, 0.5) is 0 Å². The summed E-state index contributed by atoms with van der Waals surface area (Å²) < 4.78 is 0. The van der Waals surface area contributed by atoms with Crippen molar-refractivity contribution in [1.29, 1.82) is 0 Å². The molecule has 1 aliphatic rings. The second kappa shape index (κ2) is 6.24. The van der Waals surface area contributed by atoms with Crippen LogP contribution in [0.1, 0.15) is 45.5 Å². The summed E-state index contributed by atoms with van der Waals surface area (Å²) in [4.78, 5) is 12.2. The first-order valence-electron chi connectivity index (χ1n) is 7.81. The largest absolute Gasteiger partial charge is 0.507 e. The first kappa shape index (κ1) is 15.3. The van der Waals surface area contributed by atoms with Gasteiger partial charge in [-0.15, -0.1) is 0 Å². The highest BCUT2D eigenvalue weighted by molar-refractivity contribution is 6.04. The number of phenolic OH excluding ortho intramolecular Hbond substituents is 1. The molecule has 2 aromatic rings. The van der Waals surface area contributed by atoms with Crippen molar-refractivity contribution in [2.75, 3.05) is 0 Å². The number of para-hydroxylation sites is 1. The van der Waals surface area contributed by atoms with Gasteiger partial charge in [-0.3, -0.25) is 4.79 Å². The number of hydrogen-bond acceptors (Lipinski definition) is 3. The summed E-state index contributed by atoms with van der Waals surface area (Å²) in [5.74, 6) is -0.437. The number of rotatable bonds is 2. The Hall–Kier alpha value is -2.62. The molecule has 0 saturated carbocycles. The van der Waals surface area contributed by atoms with Crippen LogP contribution in [-0.4, -0.2) is 16.7 Å². The minimum Gasteiger partial charge on any atom is -0.507 e. The quantitative estimate of drug-likeness (QED) is 0.834. The van der Waals surface area contributed by atoms with E-state index in [1.54, 1.807) is 18.2 Å². The number of carbonyl (C=O) groups excluding carboxylic acids is 1. The van der Waals surface area contributed by atoms with Gasteiger partial charge in [0.15, 0.2) is 0 Å². The molecule has 2 N–H and O–H groups in total. The highest BCUT2D eigenvalue weighted by Crippen LogP contribution is 2.26. The van der Waals surface area contributed by atoms with E-state index < -0.39 is 5.91 Å². The second-order valence-corrected chi connectivity index (χ2v) is 5.98. The maximum atomic E-state index is 12.2. The average molecular weight is 308 g/mol. The molecule has 0 unspecified atom stereocenters. The van der Waals surface area contributed by atoms with Gasteiger partial charge in [-0.1, -0.05) is 23.8 Å². The third-order valence-corrected chi connectivity index (χ3v) is 4.21. The van der Waals surface area contributed by atoms with Gasteiger partial charge >= 0.3 is 0 Å². The molecule has 0 heterocycles. The molecule has 0 aromatic heterocycles. The molecule has 0 spiro atoms. The molecule has 1 aliphatic carbocycles. The first-order chi connectivity index (χ1) is 11.1. The lowest BCUT2D eigenvalue weighted by Gasteiger charge is -2.20. The van der Waals surface area contributed by atoms with Crippen molar-refractivity contribution < 1.29 is 9.90 Å². The maximum absolute atomic E-state index is 12.2. The minimum atomic E-state index is -0.396. The van der Waals surface area contributed by atoms with Crippen LogP contribution >= 0.6 is 0 Å². The molecular formula is C19H20N2O2. The minimum absolute atomic E-state index is 0.0408. The van der Waals surface area contributed by atoms with Crippen LogP contribution in [0.25, 0.3) is 0 Å². The van der Waals surface area contributed by atoms with Gasteiger partial charge in [0, 0.05) is 5.56 Å². The molecule has 0 aliphatic heterocycles. The smallest absolute Gasteiger partial charge is 0.275 e. The van der Waals surface area contributed by atoms with Crippen molar-refractivity contribution in [2.24, 2.45) is 5.10 Å². The second-order valence-electron chi connectivity index (χ2n) is 5.98. The summed E-state index contributed by atoms with van der Waals surface area (Å²) in [6.45, 7) is 4.19. The molecule has 1 amide bonds. The summed E-state index contributed by atoms with van der Waals surface area (Å²) in [5, 5.41) is 14.1. The Balaban J connectivity index is 1.88. The van der Waals surface area contributed by atoms with E-state index in [4.69, 9.17) is 0 Å². The van der Waals surface area contributed by atoms with E-state index in [-0.39, 0.29) is 11.3 Å². The van der Waals surface area contributed by atoms with Gasteiger partial charge in [-0.25, -0.2) is 5.43 Å². The zero-order valence-electron chi connectivity index (χ0n) is 13.4. The number of aryl methyl sites for hydroxylation is 2. The Kier molecular flexibility index (Phi) is 4.15.